The highest BCUT2D eigenvalue weighted by Gasteiger charge is 2.19. The second kappa shape index (κ2) is 6.64. The smallest absolute Gasteiger partial charge is 0.154 e. The molecule has 0 aliphatic heterocycles. The van der Waals surface area contributed by atoms with Crippen molar-refractivity contribution in [1.29, 1.82) is 0 Å². The lowest BCUT2D eigenvalue weighted by Gasteiger charge is -2.14. The van der Waals surface area contributed by atoms with E-state index in [0.29, 0.717) is 12.3 Å². The second-order valence-corrected chi connectivity index (χ2v) is 6.82. The quantitative estimate of drug-likeness (QED) is 0.815. The standard InChI is InChI=1S/C13H21NO2S/c1-3-4-10-17(15,16)12(2)11-14-13-8-6-5-7-9-13/h5-9,12,14H,3-4,10-11H2,1-2H3. The van der Waals surface area contributed by atoms with Gasteiger partial charge in [-0.2, -0.15) is 0 Å². The maximum absolute atomic E-state index is 11.9. The summed E-state index contributed by atoms with van der Waals surface area (Å²) >= 11 is 0. The Hall–Kier alpha value is -1.03. The number of anilines is 1. The Balaban J connectivity index is 2.47. The Labute approximate surface area is 104 Å². The zero-order chi connectivity index (χ0) is 12.7. The number of nitrogens with one attached hydrogen (secondary N) is 1. The van der Waals surface area contributed by atoms with Crippen LogP contribution in [-0.4, -0.2) is 26.0 Å². The zero-order valence-corrected chi connectivity index (χ0v) is 11.3. The molecule has 0 radical (unpaired) electrons. The van der Waals surface area contributed by atoms with E-state index in [1.165, 1.54) is 0 Å². The van der Waals surface area contributed by atoms with Gasteiger partial charge in [0, 0.05) is 12.2 Å². The summed E-state index contributed by atoms with van der Waals surface area (Å²) in [5, 5.41) is 2.81. The first-order chi connectivity index (χ1) is 8.06. The Kier molecular flexibility index (Phi) is 5.48. The number of rotatable bonds is 7. The number of benzene rings is 1. The lowest BCUT2D eigenvalue weighted by atomic mass is 10.3. The molecule has 1 atom stereocenters. The van der Waals surface area contributed by atoms with E-state index in [2.05, 4.69) is 5.32 Å². The van der Waals surface area contributed by atoms with E-state index in [4.69, 9.17) is 0 Å². The molecule has 0 saturated carbocycles. The molecule has 0 spiro atoms. The molecule has 96 valence electrons. The summed E-state index contributed by atoms with van der Waals surface area (Å²) < 4.78 is 23.7. The molecule has 1 N–H and O–H groups in total. The van der Waals surface area contributed by atoms with E-state index < -0.39 is 9.84 Å². The third kappa shape index (κ3) is 4.77. The lowest BCUT2D eigenvalue weighted by Crippen LogP contribution is -2.28. The minimum absolute atomic E-state index is 0.293. The molecule has 3 nitrogen and oxygen atoms in total. The van der Waals surface area contributed by atoms with Gasteiger partial charge in [0.2, 0.25) is 0 Å². The number of hydrogen-bond acceptors (Lipinski definition) is 3. The third-order valence-electron chi connectivity index (χ3n) is 2.76. The minimum atomic E-state index is -2.96. The van der Waals surface area contributed by atoms with Crippen molar-refractivity contribution in [3.8, 4) is 0 Å². The fraction of sp³-hybridized carbons (Fsp3) is 0.538. The topological polar surface area (TPSA) is 46.2 Å². The van der Waals surface area contributed by atoms with Crippen LogP contribution >= 0.6 is 0 Å². The molecular formula is C13H21NO2S. The van der Waals surface area contributed by atoms with Gasteiger partial charge in [-0.05, 0) is 25.5 Å². The molecule has 4 heteroatoms. The molecule has 0 aromatic heterocycles. The molecule has 0 fully saturated rings. The van der Waals surface area contributed by atoms with Gasteiger partial charge in [-0.25, -0.2) is 8.42 Å². The van der Waals surface area contributed by atoms with Gasteiger partial charge in [0.1, 0.15) is 0 Å². The highest BCUT2D eigenvalue weighted by atomic mass is 32.2. The zero-order valence-electron chi connectivity index (χ0n) is 10.5. The van der Waals surface area contributed by atoms with Gasteiger partial charge in [0.25, 0.3) is 0 Å². The van der Waals surface area contributed by atoms with Crippen LogP contribution in [0.15, 0.2) is 30.3 Å². The molecule has 0 saturated heterocycles. The summed E-state index contributed by atoms with van der Waals surface area (Å²) in [6.45, 7) is 4.24. The first kappa shape index (κ1) is 14.0. The van der Waals surface area contributed by atoms with E-state index >= 15 is 0 Å². The average Bonchev–Trinajstić information content (AvgIpc) is 2.34. The Morgan fingerprint density at radius 1 is 1.24 bits per heavy atom. The lowest BCUT2D eigenvalue weighted by molar-refractivity contribution is 0.582. The molecule has 0 aliphatic rings. The molecule has 0 bridgehead atoms. The Bertz CT molecular complexity index is 414. The summed E-state index contributed by atoms with van der Waals surface area (Å²) in [4.78, 5) is 0. The fourth-order valence-corrected chi connectivity index (χ4v) is 2.92. The monoisotopic (exact) mass is 255 g/mol. The van der Waals surface area contributed by atoms with Gasteiger partial charge in [-0.1, -0.05) is 31.5 Å². The predicted molar refractivity (Wildman–Crippen MR) is 73.1 cm³/mol. The van der Waals surface area contributed by atoms with Gasteiger partial charge in [-0.3, -0.25) is 0 Å². The maximum Gasteiger partial charge on any atom is 0.154 e. The van der Waals surface area contributed by atoms with Crippen LogP contribution in [0, 0.1) is 0 Å². The molecule has 0 heterocycles. The van der Waals surface area contributed by atoms with E-state index in [1.807, 2.05) is 37.3 Å². The van der Waals surface area contributed by atoms with Crippen LogP contribution in [0.2, 0.25) is 0 Å². The van der Waals surface area contributed by atoms with Crippen molar-refractivity contribution in [2.75, 3.05) is 17.6 Å². The van der Waals surface area contributed by atoms with Crippen LogP contribution in [-0.2, 0) is 9.84 Å². The van der Waals surface area contributed by atoms with Crippen molar-refractivity contribution in [2.45, 2.75) is 31.9 Å². The van der Waals surface area contributed by atoms with Crippen LogP contribution < -0.4 is 5.32 Å². The fourth-order valence-electron chi connectivity index (χ4n) is 1.49. The summed E-state index contributed by atoms with van der Waals surface area (Å²) in [6, 6.07) is 9.67. The first-order valence-corrected chi connectivity index (χ1v) is 7.78. The first-order valence-electron chi connectivity index (χ1n) is 6.06. The van der Waals surface area contributed by atoms with E-state index in [9.17, 15) is 8.42 Å². The second-order valence-electron chi connectivity index (χ2n) is 4.28. The van der Waals surface area contributed by atoms with Crippen molar-refractivity contribution in [1.82, 2.24) is 0 Å². The minimum Gasteiger partial charge on any atom is -0.384 e. The largest absolute Gasteiger partial charge is 0.384 e. The van der Waals surface area contributed by atoms with Gasteiger partial charge in [0.05, 0.1) is 11.0 Å². The van der Waals surface area contributed by atoms with Crippen LogP contribution in [0.25, 0.3) is 0 Å². The summed E-state index contributed by atoms with van der Waals surface area (Å²) in [5.74, 6) is 0.293. The number of hydrogen-bond donors (Lipinski definition) is 1. The summed E-state index contributed by atoms with van der Waals surface area (Å²) in [7, 11) is -2.96. The summed E-state index contributed by atoms with van der Waals surface area (Å²) in [5.41, 5.74) is 0.963. The van der Waals surface area contributed by atoms with Crippen LogP contribution in [0.1, 0.15) is 26.7 Å². The molecule has 1 aromatic rings. The molecule has 1 aromatic carbocycles. The van der Waals surface area contributed by atoms with Gasteiger partial charge in [-0.15, -0.1) is 0 Å². The molecule has 0 amide bonds. The van der Waals surface area contributed by atoms with Gasteiger partial charge in [0.15, 0.2) is 9.84 Å². The summed E-state index contributed by atoms with van der Waals surface area (Å²) in [6.07, 6.45) is 1.66. The highest BCUT2D eigenvalue weighted by molar-refractivity contribution is 7.92. The maximum atomic E-state index is 11.9. The third-order valence-corrected chi connectivity index (χ3v) is 5.01. The predicted octanol–water partition coefficient (Wildman–Crippen LogP) is 2.70. The van der Waals surface area contributed by atoms with Crippen LogP contribution in [0.3, 0.4) is 0 Å². The Morgan fingerprint density at radius 3 is 2.47 bits per heavy atom. The van der Waals surface area contributed by atoms with Gasteiger partial charge < -0.3 is 5.32 Å². The molecule has 0 aliphatic carbocycles. The Morgan fingerprint density at radius 2 is 1.88 bits per heavy atom. The number of para-hydroxylation sites is 1. The molecular weight excluding hydrogens is 234 g/mol. The number of sulfone groups is 1. The van der Waals surface area contributed by atoms with E-state index in [0.717, 1.165) is 18.5 Å². The van der Waals surface area contributed by atoms with Crippen LogP contribution in [0.4, 0.5) is 5.69 Å². The van der Waals surface area contributed by atoms with E-state index in [1.54, 1.807) is 6.92 Å². The number of unbranched alkanes of at least 4 members (excludes halogenated alkanes) is 1. The SMILES string of the molecule is CCCCS(=O)(=O)C(C)CNc1ccccc1. The molecule has 17 heavy (non-hydrogen) atoms. The normalized spacial score (nSPS) is 13.3. The van der Waals surface area contributed by atoms with Crippen molar-refractivity contribution in [2.24, 2.45) is 0 Å². The van der Waals surface area contributed by atoms with Crippen LogP contribution in [0.5, 0.6) is 0 Å². The van der Waals surface area contributed by atoms with Gasteiger partial charge >= 0.3 is 0 Å². The van der Waals surface area contributed by atoms with Crippen molar-refractivity contribution in [3.05, 3.63) is 30.3 Å². The van der Waals surface area contributed by atoms with E-state index in [-0.39, 0.29) is 5.25 Å². The molecule has 1 rings (SSSR count). The highest BCUT2D eigenvalue weighted by Crippen LogP contribution is 2.09. The van der Waals surface area contributed by atoms with Crippen molar-refractivity contribution < 1.29 is 8.42 Å². The average molecular weight is 255 g/mol. The van der Waals surface area contributed by atoms with Crippen molar-refractivity contribution in [3.63, 3.8) is 0 Å². The van der Waals surface area contributed by atoms with Crippen molar-refractivity contribution >= 4 is 15.5 Å². The molecule has 1 unspecified atom stereocenters.